The molecule has 27 heavy (non-hydrogen) atoms. The molecule has 4 heterocycles. The lowest BCUT2D eigenvalue weighted by Crippen LogP contribution is -2.20. The standard InChI is InChI=1S/C17H13F3N6O/c18-17(19,20)10-3-12-13(7-23-15(12)22-6-10)14-9(4-21)5-24-16(26-14)25-11-1-2-27-8-11/h3,5-7,11H,1-2,8H2,(H,22,23)(H,24,25,26)/t11-/m0/s1. The van der Waals surface area contributed by atoms with Crippen LogP contribution in [0.15, 0.2) is 24.7 Å². The van der Waals surface area contributed by atoms with Gasteiger partial charge in [-0.2, -0.15) is 18.4 Å². The number of H-pyrrole nitrogens is 1. The average Bonchev–Trinajstić information content (AvgIpc) is 3.29. The topological polar surface area (TPSA) is 99.5 Å². The Labute approximate surface area is 151 Å². The quantitative estimate of drug-likeness (QED) is 0.731. The molecule has 0 aliphatic carbocycles. The van der Waals surface area contributed by atoms with Crippen LogP contribution in [0.3, 0.4) is 0 Å². The van der Waals surface area contributed by atoms with Crippen LogP contribution in [0.1, 0.15) is 17.5 Å². The summed E-state index contributed by atoms with van der Waals surface area (Å²) in [5.74, 6) is 0.286. The summed E-state index contributed by atoms with van der Waals surface area (Å²) >= 11 is 0. The van der Waals surface area contributed by atoms with E-state index in [0.29, 0.717) is 18.8 Å². The predicted octanol–water partition coefficient (Wildman–Crippen LogP) is 3.11. The summed E-state index contributed by atoms with van der Waals surface area (Å²) < 4.78 is 44.4. The zero-order valence-electron chi connectivity index (χ0n) is 13.8. The monoisotopic (exact) mass is 374 g/mol. The molecule has 0 amide bonds. The number of pyridine rings is 1. The Hall–Kier alpha value is -3.19. The minimum Gasteiger partial charge on any atom is -0.379 e. The van der Waals surface area contributed by atoms with Crippen molar-refractivity contribution in [3.05, 3.63) is 35.8 Å². The fourth-order valence-electron chi connectivity index (χ4n) is 2.92. The first-order chi connectivity index (χ1) is 13.0. The molecular weight excluding hydrogens is 361 g/mol. The van der Waals surface area contributed by atoms with Gasteiger partial charge in [0.2, 0.25) is 5.95 Å². The molecule has 0 aromatic carbocycles. The number of hydrogen-bond donors (Lipinski definition) is 2. The summed E-state index contributed by atoms with van der Waals surface area (Å²) in [5.41, 5.74) is 0.153. The number of aromatic amines is 1. The fraction of sp³-hybridized carbons (Fsp3) is 0.294. The van der Waals surface area contributed by atoms with Gasteiger partial charge in [0.15, 0.2) is 0 Å². The lowest BCUT2D eigenvalue weighted by molar-refractivity contribution is -0.137. The van der Waals surface area contributed by atoms with Crippen molar-refractivity contribution in [2.45, 2.75) is 18.6 Å². The number of fused-ring (bicyclic) bond motifs is 1. The van der Waals surface area contributed by atoms with Crippen molar-refractivity contribution in [1.29, 1.82) is 5.26 Å². The van der Waals surface area contributed by atoms with Gasteiger partial charge in [-0.05, 0) is 12.5 Å². The van der Waals surface area contributed by atoms with Crippen molar-refractivity contribution in [2.75, 3.05) is 18.5 Å². The number of rotatable bonds is 3. The van der Waals surface area contributed by atoms with Crippen LogP contribution in [0.2, 0.25) is 0 Å². The van der Waals surface area contributed by atoms with Gasteiger partial charge in [0.05, 0.1) is 35.7 Å². The molecule has 1 fully saturated rings. The zero-order valence-corrected chi connectivity index (χ0v) is 13.8. The van der Waals surface area contributed by atoms with Crippen molar-refractivity contribution in [1.82, 2.24) is 19.9 Å². The van der Waals surface area contributed by atoms with E-state index < -0.39 is 11.7 Å². The van der Waals surface area contributed by atoms with E-state index in [9.17, 15) is 18.4 Å². The van der Waals surface area contributed by atoms with Crippen LogP contribution in [0.4, 0.5) is 19.1 Å². The molecule has 0 bridgehead atoms. The number of alkyl halides is 3. The van der Waals surface area contributed by atoms with Crippen molar-refractivity contribution in [3.63, 3.8) is 0 Å². The Morgan fingerprint density at radius 2 is 2.15 bits per heavy atom. The molecule has 3 aromatic rings. The van der Waals surface area contributed by atoms with E-state index in [1.54, 1.807) is 0 Å². The van der Waals surface area contributed by atoms with Crippen LogP contribution >= 0.6 is 0 Å². The Morgan fingerprint density at radius 1 is 1.30 bits per heavy atom. The van der Waals surface area contributed by atoms with E-state index >= 15 is 0 Å². The van der Waals surface area contributed by atoms with Gasteiger partial charge in [-0.15, -0.1) is 0 Å². The summed E-state index contributed by atoms with van der Waals surface area (Å²) in [6.07, 6.45) is -0.121. The normalized spacial score (nSPS) is 17.2. The molecule has 4 rings (SSSR count). The average molecular weight is 374 g/mol. The zero-order chi connectivity index (χ0) is 19.0. The first-order valence-electron chi connectivity index (χ1n) is 8.12. The van der Waals surface area contributed by atoms with Crippen LogP contribution in [0.25, 0.3) is 22.3 Å². The molecule has 7 nitrogen and oxygen atoms in total. The molecule has 1 atom stereocenters. The SMILES string of the molecule is N#Cc1cnc(N[C@H]2CCOC2)nc1-c1c[nH]c2ncc(C(F)(F)F)cc12. The van der Waals surface area contributed by atoms with Gasteiger partial charge >= 0.3 is 6.18 Å². The lowest BCUT2D eigenvalue weighted by Gasteiger charge is -2.12. The predicted molar refractivity (Wildman–Crippen MR) is 89.7 cm³/mol. The van der Waals surface area contributed by atoms with Crippen molar-refractivity contribution < 1.29 is 17.9 Å². The van der Waals surface area contributed by atoms with E-state index in [0.717, 1.165) is 18.7 Å². The minimum atomic E-state index is -4.52. The summed E-state index contributed by atoms with van der Waals surface area (Å²) in [6.45, 7) is 1.15. The molecule has 1 aliphatic heterocycles. The number of nitrogens with one attached hydrogen (secondary N) is 2. The van der Waals surface area contributed by atoms with Crippen LogP contribution < -0.4 is 5.32 Å². The Morgan fingerprint density at radius 3 is 2.85 bits per heavy atom. The van der Waals surface area contributed by atoms with Crippen LogP contribution in [0.5, 0.6) is 0 Å². The van der Waals surface area contributed by atoms with Crippen LogP contribution in [-0.2, 0) is 10.9 Å². The third-order valence-electron chi connectivity index (χ3n) is 4.29. The maximum Gasteiger partial charge on any atom is 0.417 e. The van der Waals surface area contributed by atoms with E-state index in [-0.39, 0.29) is 34.3 Å². The molecule has 2 N–H and O–H groups in total. The molecule has 0 saturated carbocycles. The summed E-state index contributed by atoms with van der Waals surface area (Å²) in [6, 6.07) is 3.02. The minimum absolute atomic E-state index is 0.0484. The van der Waals surface area contributed by atoms with Crippen LogP contribution in [0, 0.1) is 11.3 Å². The van der Waals surface area contributed by atoms with E-state index in [2.05, 4.69) is 25.3 Å². The van der Waals surface area contributed by atoms with Gasteiger partial charge in [-0.3, -0.25) is 0 Å². The number of hydrogen-bond acceptors (Lipinski definition) is 6. The number of halogens is 3. The Balaban J connectivity index is 1.80. The van der Waals surface area contributed by atoms with Gasteiger partial charge in [-0.25, -0.2) is 15.0 Å². The molecule has 10 heteroatoms. The van der Waals surface area contributed by atoms with Crippen LogP contribution in [-0.4, -0.2) is 39.2 Å². The van der Waals surface area contributed by atoms with Crippen molar-refractivity contribution in [3.8, 4) is 17.3 Å². The van der Waals surface area contributed by atoms with Gasteiger partial charge in [0.1, 0.15) is 11.7 Å². The molecule has 0 radical (unpaired) electrons. The van der Waals surface area contributed by atoms with E-state index in [1.807, 2.05) is 6.07 Å². The second-order valence-electron chi connectivity index (χ2n) is 6.09. The van der Waals surface area contributed by atoms with E-state index in [4.69, 9.17) is 4.74 Å². The molecule has 0 spiro atoms. The lowest BCUT2D eigenvalue weighted by atomic mass is 10.1. The number of nitriles is 1. The van der Waals surface area contributed by atoms with Gasteiger partial charge in [-0.1, -0.05) is 0 Å². The second kappa shape index (κ2) is 6.51. The Kier molecular flexibility index (Phi) is 4.16. The number of anilines is 1. The van der Waals surface area contributed by atoms with E-state index in [1.165, 1.54) is 12.4 Å². The summed E-state index contributed by atoms with van der Waals surface area (Å²) in [4.78, 5) is 15.1. The fourth-order valence-corrected chi connectivity index (χ4v) is 2.92. The second-order valence-corrected chi connectivity index (χ2v) is 6.09. The largest absolute Gasteiger partial charge is 0.417 e. The summed E-state index contributed by atoms with van der Waals surface area (Å²) in [5, 5.41) is 12.7. The highest BCUT2D eigenvalue weighted by Crippen LogP contribution is 2.34. The van der Waals surface area contributed by atoms with Gasteiger partial charge in [0.25, 0.3) is 0 Å². The highest BCUT2D eigenvalue weighted by atomic mass is 19.4. The molecular formula is C17H13F3N6O. The number of ether oxygens (including phenoxy) is 1. The first-order valence-corrected chi connectivity index (χ1v) is 8.12. The highest BCUT2D eigenvalue weighted by Gasteiger charge is 2.31. The third-order valence-corrected chi connectivity index (χ3v) is 4.29. The summed E-state index contributed by atoms with van der Waals surface area (Å²) in [7, 11) is 0. The Bertz CT molecular complexity index is 1030. The molecule has 138 valence electrons. The smallest absolute Gasteiger partial charge is 0.379 e. The maximum atomic E-state index is 13.0. The molecule has 1 aliphatic rings. The van der Waals surface area contributed by atoms with Gasteiger partial charge in [0, 0.05) is 30.0 Å². The molecule has 3 aromatic heterocycles. The number of aromatic nitrogens is 4. The first kappa shape index (κ1) is 17.2. The van der Waals surface area contributed by atoms with Crippen molar-refractivity contribution in [2.24, 2.45) is 0 Å². The molecule has 0 unspecified atom stereocenters. The molecule has 1 saturated heterocycles. The van der Waals surface area contributed by atoms with Gasteiger partial charge < -0.3 is 15.0 Å². The highest BCUT2D eigenvalue weighted by molar-refractivity contribution is 5.94. The number of nitrogens with zero attached hydrogens (tertiary/aromatic N) is 4. The maximum absolute atomic E-state index is 13.0. The third kappa shape index (κ3) is 3.29. The van der Waals surface area contributed by atoms with Crippen molar-refractivity contribution >= 4 is 17.0 Å².